The molecule has 1 aliphatic carbocycles. The summed E-state index contributed by atoms with van der Waals surface area (Å²) in [5.74, 6) is 0.918. The molecule has 0 aliphatic heterocycles. The second-order valence-electron chi connectivity index (χ2n) is 4.66. The van der Waals surface area contributed by atoms with Gasteiger partial charge in [-0.15, -0.1) is 0 Å². The van der Waals surface area contributed by atoms with Crippen LogP contribution >= 0.6 is 0 Å². The summed E-state index contributed by atoms with van der Waals surface area (Å²) in [4.78, 5) is 2.35. The minimum atomic E-state index is 0.631. The number of benzene rings is 1. The Kier molecular flexibility index (Phi) is 2.96. The molecular formula is C13H20N2. The van der Waals surface area contributed by atoms with E-state index >= 15 is 0 Å². The van der Waals surface area contributed by atoms with Crippen LogP contribution in [-0.4, -0.2) is 13.6 Å². The van der Waals surface area contributed by atoms with Crippen molar-refractivity contribution in [3.05, 3.63) is 29.3 Å². The molecule has 2 N–H and O–H groups in total. The van der Waals surface area contributed by atoms with Gasteiger partial charge in [0.25, 0.3) is 0 Å². The molecule has 2 heteroatoms. The van der Waals surface area contributed by atoms with E-state index in [1.165, 1.54) is 36.2 Å². The van der Waals surface area contributed by atoms with Crippen LogP contribution < -0.4 is 10.6 Å². The molecule has 1 aromatic rings. The van der Waals surface area contributed by atoms with Gasteiger partial charge in [-0.05, 0) is 37.3 Å². The van der Waals surface area contributed by atoms with E-state index in [1.54, 1.807) is 0 Å². The average Bonchev–Trinajstić information content (AvgIpc) is 3.01. The third-order valence-electron chi connectivity index (χ3n) is 3.10. The topological polar surface area (TPSA) is 29.3 Å². The van der Waals surface area contributed by atoms with Crippen molar-refractivity contribution in [3.8, 4) is 0 Å². The quantitative estimate of drug-likeness (QED) is 0.815. The number of aryl methyl sites for hydroxylation is 1. The van der Waals surface area contributed by atoms with Crippen LogP contribution in [0.25, 0.3) is 0 Å². The highest BCUT2D eigenvalue weighted by molar-refractivity contribution is 5.54. The van der Waals surface area contributed by atoms with Gasteiger partial charge in [0.15, 0.2) is 0 Å². The van der Waals surface area contributed by atoms with Crippen LogP contribution in [0.4, 0.5) is 5.69 Å². The third-order valence-corrected chi connectivity index (χ3v) is 3.10. The maximum Gasteiger partial charge on any atom is 0.0409 e. The Bertz CT molecular complexity index is 342. The number of hydrogen-bond acceptors (Lipinski definition) is 2. The minimum Gasteiger partial charge on any atom is -0.374 e. The number of nitrogens with zero attached hydrogens (tertiary/aromatic N) is 1. The van der Waals surface area contributed by atoms with E-state index in [-0.39, 0.29) is 0 Å². The van der Waals surface area contributed by atoms with Gasteiger partial charge in [-0.3, -0.25) is 0 Å². The second kappa shape index (κ2) is 4.23. The van der Waals surface area contributed by atoms with Crippen LogP contribution in [0.15, 0.2) is 18.2 Å². The van der Waals surface area contributed by atoms with Crippen molar-refractivity contribution < 1.29 is 0 Å². The van der Waals surface area contributed by atoms with Gasteiger partial charge < -0.3 is 10.6 Å². The molecule has 0 saturated heterocycles. The number of hydrogen-bond donors (Lipinski definition) is 1. The molecule has 2 nitrogen and oxygen atoms in total. The van der Waals surface area contributed by atoms with E-state index in [9.17, 15) is 0 Å². The zero-order valence-electron chi connectivity index (χ0n) is 9.66. The number of rotatable bonds is 4. The fraction of sp³-hybridized carbons (Fsp3) is 0.538. The van der Waals surface area contributed by atoms with Crippen LogP contribution in [0.3, 0.4) is 0 Å². The van der Waals surface area contributed by atoms with Gasteiger partial charge in [-0.25, -0.2) is 0 Å². The second-order valence-corrected chi connectivity index (χ2v) is 4.66. The fourth-order valence-corrected chi connectivity index (χ4v) is 2.04. The predicted octanol–water partition coefficient (Wildman–Crippen LogP) is 2.30. The molecule has 1 saturated carbocycles. The molecule has 0 bridgehead atoms. The highest BCUT2D eigenvalue weighted by atomic mass is 15.1. The van der Waals surface area contributed by atoms with E-state index in [2.05, 4.69) is 37.1 Å². The molecular weight excluding hydrogens is 184 g/mol. The highest BCUT2D eigenvalue weighted by Gasteiger charge is 2.23. The van der Waals surface area contributed by atoms with Crippen LogP contribution in [0.2, 0.25) is 0 Å². The summed E-state index contributed by atoms with van der Waals surface area (Å²) in [6, 6.07) is 6.55. The van der Waals surface area contributed by atoms with Gasteiger partial charge >= 0.3 is 0 Å². The molecule has 2 rings (SSSR count). The van der Waals surface area contributed by atoms with Crippen molar-refractivity contribution in [2.24, 2.45) is 11.7 Å². The van der Waals surface area contributed by atoms with Crippen molar-refractivity contribution in [1.29, 1.82) is 0 Å². The average molecular weight is 204 g/mol. The molecule has 1 aromatic carbocycles. The lowest BCUT2D eigenvalue weighted by Crippen LogP contribution is -2.22. The first-order chi connectivity index (χ1) is 7.20. The van der Waals surface area contributed by atoms with Gasteiger partial charge in [0.2, 0.25) is 0 Å². The molecule has 0 spiro atoms. The van der Waals surface area contributed by atoms with Crippen LogP contribution in [0.5, 0.6) is 0 Å². The molecule has 0 atom stereocenters. The summed E-state index contributed by atoms with van der Waals surface area (Å²) in [6.07, 6.45) is 2.79. The molecule has 0 heterocycles. The SMILES string of the molecule is Cc1ccc(N(C)CC2CC2)c(CN)c1. The Morgan fingerprint density at radius 3 is 2.73 bits per heavy atom. The summed E-state index contributed by atoms with van der Waals surface area (Å²) < 4.78 is 0. The van der Waals surface area contributed by atoms with E-state index in [4.69, 9.17) is 5.73 Å². The molecule has 1 aliphatic rings. The summed E-state index contributed by atoms with van der Waals surface area (Å²) in [6.45, 7) is 3.92. The van der Waals surface area contributed by atoms with Gasteiger partial charge in [0.1, 0.15) is 0 Å². The largest absolute Gasteiger partial charge is 0.374 e. The summed E-state index contributed by atoms with van der Waals surface area (Å²) in [7, 11) is 2.17. The first kappa shape index (κ1) is 10.5. The molecule has 0 radical (unpaired) electrons. The van der Waals surface area contributed by atoms with Gasteiger partial charge in [-0.2, -0.15) is 0 Å². The minimum absolute atomic E-state index is 0.631. The Morgan fingerprint density at radius 1 is 1.40 bits per heavy atom. The molecule has 1 fully saturated rings. The maximum atomic E-state index is 5.78. The Labute approximate surface area is 92.1 Å². The lowest BCUT2D eigenvalue weighted by atomic mass is 10.1. The molecule has 15 heavy (non-hydrogen) atoms. The van der Waals surface area contributed by atoms with Crippen molar-refractivity contribution in [2.45, 2.75) is 26.3 Å². The Morgan fingerprint density at radius 2 is 2.13 bits per heavy atom. The van der Waals surface area contributed by atoms with Crippen LogP contribution in [0.1, 0.15) is 24.0 Å². The third kappa shape index (κ3) is 2.51. The number of nitrogens with two attached hydrogens (primary N) is 1. The smallest absolute Gasteiger partial charge is 0.0409 e. The summed E-state index contributed by atoms with van der Waals surface area (Å²) in [5.41, 5.74) is 9.63. The van der Waals surface area contributed by atoms with Crippen LogP contribution in [0, 0.1) is 12.8 Å². The monoisotopic (exact) mass is 204 g/mol. The normalized spacial score (nSPS) is 15.4. The Hall–Kier alpha value is -1.02. The van der Waals surface area contributed by atoms with Crippen molar-refractivity contribution in [2.75, 3.05) is 18.5 Å². The Balaban J connectivity index is 2.17. The number of anilines is 1. The zero-order chi connectivity index (χ0) is 10.8. The fourth-order valence-electron chi connectivity index (χ4n) is 2.04. The van der Waals surface area contributed by atoms with E-state index in [0.29, 0.717) is 6.54 Å². The first-order valence-corrected chi connectivity index (χ1v) is 5.71. The van der Waals surface area contributed by atoms with Gasteiger partial charge in [-0.1, -0.05) is 17.7 Å². The van der Waals surface area contributed by atoms with Crippen LogP contribution in [-0.2, 0) is 6.54 Å². The highest BCUT2D eigenvalue weighted by Crippen LogP contribution is 2.31. The summed E-state index contributed by atoms with van der Waals surface area (Å²) >= 11 is 0. The maximum absolute atomic E-state index is 5.78. The molecule has 0 aromatic heterocycles. The van der Waals surface area contributed by atoms with Crippen molar-refractivity contribution in [3.63, 3.8) is 0 Å². The standard InChI is InChI=1S/C13H20N2/c1-10-3-6-13(12(7-10)8-14)15(2)9-11-4-5-11/h3,6-7,11H,4-5,8-9,14H2,1-2H3. The lowest BCUT2D eigenvalue weighted by molar-refractivity contribution is 0.782. The van der Waals surface area contributed by atoms with Gasteiger partial charge in [0, 0.05) is 25.8 Å². The zero-order valence-corrected chi connectivity index (χ0v) is 9.66. The van der Waals surface area contributed by atoms with Gasteiger partial charge in [0.05, 0.1) is 0 Å². The molecule has 0 amide bonds. The van der Waals surface area contributed by atoms with E-state index in [0.717, 1.165) is 5.92 Å². The van der Waals surface area contributed by atoms with E-state index < -0.39 is 0 Å². The summed E-state index contributed by atoms with van der Waals surface area (Å²) in [5, 5.41) is 0. The molecule has 82 valence electrons. The predicted molar refractivity (Wildman–Crippen MR) is 65.1 cm³/mol. The first-order valence-electron chi connectivity index (χ1n) is 5.71. The molecule has 0 unspecified atom stereocenters. The van der Waals surface area contributed by atoms with Crippen molar-refractivity contribution in [1.82, 2.24) is 0 Å². The lowest BCUT2D eigenvalue weighted by Gasteiger charge is -2.22. The van der Waals surface area contributed by atoms with E-state index in [1.807, 2.05) is 0 Å². The van der Waals surface area contributed by atoms with Crippen molar-refractivity contribution >= 4 is 5.69 Å².